The average Bonchev–Trinajstić information content (AvgIpc) is 3.69. The summed E-state index contributed by atoms with van der Waals surface area (Å²) < 4.78 is 0. The first-order chi connectivity index (χ1) is 22.4. The Hall–Kier alpha value is -4.85. The van der Waals surface area contributed by atoms with Gasteiger partial charge in [0.05, 0.1) is 18.6 Å². The molecule has 20 heteroatoms. The highest BCUT2D eigenvalue weighted by Gasteiger charge is 2.43. The molecule has 2 aliphatic rings. The van der Waals surface area contributed by atoms with E-state index in [1.807, 2.05) is 5.32 Å². The Balaban J connectivity index is 2.19. The predicted octanol–water partition coefficient (Wildman–Crippen LogP) is -4.78. The zero-order valence-corrected chi connectivity index (χ0v) is 26.5. The number of hydrogen-bond donors (Lipinski definition) is 9. The van der Waals surface area contributed by atoms with Gasteiger partial charge in [0.15, 0.2) is 0 Å². The number of nitrogens with two attached hydrogens (primary N) is 3. The van der Waals surface area contributed by atoms with Crippen molar-refractivity contribution in [1.29, 1.82) is 0 Å². The van der Waals surface area contributed by atoms with Crippen LogP contribution >= 0.6 is 0 Å². The van der Waals surface area contributed by atoms with Crippen molar-refractivity contribution in [3.8, 4) is 0 Å². The number of nitrogens with zero attached hydrogens (tertiary/aromatic N) is 2. The Kier molecular flexibility index (Phi) is 14.7. The van der Waals surface area contributed by atoms with Crippen LogP contribution in [-0.2, 0) is 43.2 Å². The molecule has 2 fully saturated rings. The van der Waals surface area contributed by atoms with Gasteiger partial charge in [0.25, 0.3) is 0 Å². The lowest BCUT2D eigenvalue weighted by atomic mass is 10.1. The molecule has 7 atom stereocenters. The lowest BCUT2D eigenvalue weighted by Gasteiger charge is -2.32. The van der Waals surface area contributed by atoms with Gasteiger partial charge in [-0.15, -0.1) is 0 Å². The van der Waals surface area contributed by atoms with Gasteiger partial charge in [0.1, 0.15) is 30.2 Å². The molecule has 0 saturated carbocycles. The number of carboxylic acids is 2. The van der Waals surface area contributed by atoms with Crippen LogP contribution in [-0.4, -0.2) is 134 Å². The first-order valence-electron chi connectivity index (χ1n) is 15.4. The van der Waals surface area contributed by atoms with Crippen molar-refractivity contribution in [1.82, 2.24) is 25.8 Å². The van der Waals surface area contributed by atoms with Crippen molar-refractivity contribution in [2.45, 2.75) is 107 Å². The van der Waals surface area contributed by atoms with Crippen LogP contribution in [0.2, 0.25) is 0 Å². The van der Waals surface area contributed by atoms with Gasteiger partial charge in [0.2, 0.25) is 41.4 Å². The quantitative estimate of drug-likeness (QED) is 0.0655. The van der Waals surface area contributed by atoms with Crippen LogP contribution in [0.4, 0.5) is 0 Å². The van der Waals surface area contributed by atoms with Gasteiger partial charge in [0, 0.05) is 25.9 Å². The molecular formula is C28H44N8O12. The van der Waals surface area contributed by atoms with E-state index < -0.39 is 115 Å². The fraction of sp³-hybridized carbons (Fsp3) is 0.679. The Bertz CT molecular complexity index is 1280. The smallest absolute Gasteiger partial charge is 0.326 e. The highest BCUT2D eigenvalue weighted by atomic mass is 16.4. The van der Waals surface area contributed by atoms with Gasteiger partial charge in [-0.3, -0.25) is 38.4 Å². The maximum absolute atomic E-state index is 13.6. The van der Waals surface area contributed by atoms with E-state index >= 15 is 0 Å². The van der Waals surface area contributed by atoms with E-state index in [9.17, 15) is 58.5 Å². The van der Waals surface area contributed by atoms with E-state index in [1.165, 1.54) is 9.80 Å². The summed E-state index contributed by atoms with van der Waals surface area (Å²) in [6.07, 6.45) is -2.24. The Morgan fingerprint density at radius 1 is 0.771 bits per heavy atom. The van der Waals surface area contributed by atoms with Gasteiger partial charge in [-0.25, -0.2) is 4.79 Å². The van der Waals surface area contributed by atoms with Crippen molar-refractivity contribution < 1.29 is 58.5 Å². The second kappa shape index (κ2) is 17.9. The largest absolute Gasteiger partial charge is 0.481 e. The van der Waals surface area contributed by atoms with Crippen LogP contribution in [0.1, 0.15) is 64.7 Å². The maximum atomic E-state index is 13.6. The van der Waals surface area contributed by atoms with Crippen molar-refractivity contribution in [3.63, 3.8) is 0 Å². The lowest BCUT2D eigenvalue weighted by Crippen LogP contribution is -2.60. The zero-order chi connectivity index (χ0) is 36.3. The summed E-state index contributed by atoms with van der Waals surface area (Å²) in [5, 5.41) is 35.2. The van der Waals surface area contributed by atoms with E-state index in [4.69, 9.17) is 17.2 Å². The molecule has 0 bridgehead atoms. The topological polar surface area (TPSA) is 335 Å². The second-order valence-corrected chi connectivity index (χ2v) is 11.8. The first kappa shape index (κ1) is 39.3. The summed E-state index contributed by atoms with van der Waals surface area (Å²) in [4.78, 5) is 114. The summed E-state index contributed by atoms with van der Waals surface area (Å²) in [7, 11) is 0. The molecule has 12 N–H and O–H groups in total. The molecule has 2 heterocycles. The number of amides is 7. The number of aliphatic carboxylic acids is 2. The fourth-order valence-electron chi connectivity index (χ4n) is 5.54. The van der Waals surface area contributed by atoms with E-state index in [0.717, 1.165) is 6.92 Å². The molecule has 0 aromatic rings. The van der Waals surface area contributed by atoms with Crippen LogP contribution < -0.4 is 33.2 Å². The molecule has 0 spiro atoms. The number of aliphatic hydroxyl groups excluding tert-OH is 1. The molecule has 268 valence electrons. The zero-order valence-electron chi connectivity index (χ0n) is 26.5. The van der Waals surface area contributed by atoms with Crippen molar-refractivity contribution in [2.75, 3.05) is 13.1 Å². The van der Waals surface area contributed by atoms with Gasteiger partial charge in [-0.2, -0.15) is 0 Å². The Morgan fingerprint density at radius 2 is 1.38 bits per heavy atom. The molecule has 2 saturated heterocycles. The van der Waals surface area contributed by atoms with Crippen LogP contribution in [0.3, 0.4) is 0 Å². The van der Waals surface area contributed by atoms with Gasteiger partial charge in [-0.05, 0) is 45.4 Å². The third-order valence-electron chi connectivity index (χ3n) is 8.04. The normalized spacial score (nSPS) is 20.5. The van der Waals surface area contributed by atoms with Gasteiger partial charge in [-0.1, -0.05) is 0 Å². The Morgan fingerprint density at radius 3 is 1.92 bits per heavy atom. The minimum Gasteiger partial charge on any atom is -0.481 e. The highest BCUT2D eigenvalue weighted by Crippen LogP contribution is 2.26. The predicted molar refractivity (Wildman–Crippen MR) is 162 cm³/mol. The molecule has 0 unspecified atom stereocenters. The molecule has 20 nitrogen and oxygen atoms in total. The summed E-state index contributed by atoms with van der Waals surface area (Å²) in [5.41, 5.74) is 16.1. The summed E-state index contributed by atoms with van der Waals surface area (Å²) in [6.45, 7) is 1.48. The maximum Gasteiger partial charge on any atom is 0.326 e. The number of aliphatic hydroxyl groups is 1. The number of carbonyl (C=O) groups excluding carboxylic acids is 7. The minimum absolute atomic E-state index is 0.00872. The number of primary amides is 2. The van der Waals surface area contributed by atoms with E-state index in [2.05, 4.69) is 10.6 Å². The Labute approximate surface area is 275 Å². The number of carboxylic acid groups (broad SMARTS) is 2. The van der Waals surface area contributed by atoms with Crippen LogP contribution in [0, 0.1) is 0 Å². The number of likely N-dealkylation sites (tertiary alicyclic amines) is 2. The average molecular weight is 685 g/mol. The minimum atomic E-state index is -1.79. The van der Waals surface area contributed by atoms with Crippen molar-refractivity contribution >= 4 is 53.3 Å². The number of carbonyl (C=O) groups is 9. The third kappa shape index (κ3) is 11.1. The standard InChI is InChI=1S/C28H44N8O12/c1-13(37)22(25(44)33-16(28(47)48)12-20(31)39)34-23(42)15(7-9-21(40)41)32-24(43)17-4-2-10-35(17)27(46)18-5-3-11-36(18)26(45)14(29)6-8-19(30)38/h13-18,22,37H,2-12,29H2,1H3,(H2,30,38)(H2,31,39)(H,32,43)(H,33,44)(H,34,42)(H,40,41)(H,47,48)/t13-,14+,15+,16+,17+,18+,22+/m1/s1. The SMILES string of the molecule is C[C@@H](O)[C@H](NC(=O)[C@H](CCC(=O)O)NC(=O)[C@@H]1CCCN1C(=O)[C@@H]1CCCN1C(=O)[C@@H](N)CCC(N)=O)C(=O)N[C@@H](CC(N)=O)C(=O)O. The molecule has 0 aliphatic carbocycles. The van der Waals surface area contributed by atoms with Crippen molar-refractivity contribution in [2.24, 2.45) is 17.2 Å². The van der Waals surface area contributed by atoms with Crippen LogP contribution in [0.25, 0.3) is 0 Å². The van der Waals surface area contributed by atoms with E-state index in [1.54, 1.807) is 0 Å². The number of nitrogens with one attached hydrogen (secondary N) is 3. The van der Waals surface area contributed by atoms with Crippen molar-refractivity contribution in [3.05, 3.63) is 0 Å². The molecule has 0 aromatic heterocycles. The second-order valence-electron chi connectivity index (χ2n) is 11.8. The van der Waals surface area contributed by atoms with E-state index in [-0.39, 0.29) is 32.4 Å². The first-order valence-corrected chi connectivity index (χ1v) is 15.4. The summed E-state index contributed by atoms with van der Waals surface area (Å²) >= 11 is 0. The lowest BCUT2D eigenvalue weighted by molar-refractivity contribution is -0.147. The fourth-order valence-corrected chi connectivity index (χ4v) is 5.54. The third-order valence-corrected chi connectivity index (χ3v) is 8.04. The van der Waals surface area contributed by atoms with E-state index in [0.29, 0.717) is 19.3 Å². The van der Waals surface area contributed by atoms with Gasteiger partial charge >= 0.3 is 11.9 Å². The summed E-state index contributed by atoms with van der Waals surface area (Å²) in [6, 6.07) is -8.23. The molecule has 48 heavy (non-hydrogen) atoms. The molecule has 7 amide bonds. The summed E-state index contributed by atoms with van der Waals surface area (Å²) in [5.74, 6) is -8.80. The molecule has 0 radical (unpaired) electrons. The van der Waals surface area contributed by atoms with Crippen LogP contribution in [0.15, 0.2) is 0 Å². The molecular weight excluding hydrogens is 640 g/mol. The molecule has 2 aliphatic heterocycles. The van der Waals surface area contributed by atoms with Crippen LogP contribution in [0.5, 0.6) is 0 Å². The highest BCUT2D eigenvalue weighted by molar-refractivity contribution is 5.97. The molecule has 0 aromatic carbocycles. The van der Waals surface area contributed by atoms with Gasteiger partial charge < -0.3 is 58.3 Å². The monoisotopic (exact) mass is 684 g/mol. The number of hydrogen-bond acceptors (Lipinski definition) is 11. The molecule has 2 rings (SSSR count). The number of rotatable bonds is 18.